The molecule has 0 radical (unpaired) electrons. The third kappa shape index (κ3) is 3.06. The molecule has 1 fully saturated rings. The fraction of sp³-hybridized carbons (Fsp3) is 0.267. The maximum Gasteiger partial charge on any atom is 0.158 e. The summed E-state index contributed by atoms with van der Waals surface area (Å²) in [5.41, 5.74) is 1.53. The standard InChI is InChI=1S/C15H14ClN5/c16-12-1-3-14(4-2-12)20-5-7-21(8-6-20)15-11-18-13(9-17)10-19-15/h1-4,10-11H,5-8H2. The molecule has 0 amide bonds. The molecule has 0 saturated carbocycles. The van der Waals surface area contributed by atoms with Gasteiger partial charge >= 0.3 is 0 Å². The fourth-order valence-electron chi connectivity index (χ4n) is 2.39. The number of hydrogen-bond acceptors (Lipinski definition) is 5. The molecule has 1 aliphatic heterocycles. The Labute approximate surface area is 128 Å². The number of benzene rings is 1. The Hall–Kier alpha value is -2.32. The van der Waals surface area contributed by atoms with E-state index in [1.54, 1.807) is 6.20 Å². The van der Waals surface area contributed by atoms with Crippen LogP contribution in [0.2, 0.25) is 5.02 Å². The second-order valence-corrected chi connectivity index (χ2v) is 5.26. The number of piperazine rings is 1. The number of anilines is 2. The normalized spacial score (nSPS) is 14.9. The molecule has 1 saturated heterocycles. The summed E-state index contributed by atoms with van der Waals surface area (Å²) in [6.07, 6.45) is 3.18. The summed E-state index contributed by atoms with van der Waals surface area (Å²) < 4.78 is 0. The maximum atomic E-state index is 8.74. The van der Waals surface area contributed by atoms with Crippen molar-refractivity contribution in [3.05, 3.63) is 47.4 Å². The lowest BCUT2D eigenvalue weighted by atomic mass is 10.2. The van der Waals surface area contributed by atoms with Gasteiger partial charge in [-0.3, -0.25) is 0 Å². The van der Waals surface area contributed by atoms with Crippen LogP contribution in [0.4, 0.5) is 11.5 Å². The predicted molar refractivity (Wildman–Crippen MR) is 82.6 cm³/mol. The van der Waals surface area contributed by atoms with Gasteiger partial charge in [-0.15, -0.1) is 0 Å². The van der Waals surface area contributed by atoms with Gasteiger partial charge in [-0.1, -0.05) is 11.6 Å². The summed E-state index contributed by atoms with van der Waals surface area (Å²) in [4.78, 5) is 12.9. The molecule has 0 spiro atoms. The van der Waals surface area contributed by atoms with E-state index in [2.05, 4.69) is 19.8 Å². The topological polar surface area (TPSA) is 56.1 Å². The van der Waals surface area contributed by atoms with Crippen molar-refractivity contribution in [2.45, 2.75) is 0 Å². The van der Waals surface area contributed by atoms with E-state index in [0.717, 1.165) is 37.0 Å². The van der Waals surface area contributed by atoms with E-state index in [4.69, 9.17) is 16.9 Å². The zero-order valence-corrected chi connectivity index (χ0v) is 12.2. The molecule has 0 unspecified atom stereocenters. The number of nitrogens with zero attached hydrogens (tertiary/aromatic N) is 5. The van der Waals surface area contributed by atoms with Crippen LogP contribution in [0.1, 0.15) is 5.69 Å². The van der Waals surface area contributed by atoms with Crippen molar-refractivity contribution < 1.29 is 0 Å². The minimum atomic E-state index is 0.346. The van der Waals surface area contributed by atoms with Crippen molar-refractivity contribution in [1.82, 2.24) is 9.97 Å². The van der Waals surface area contributed by atoms with E-state index in [1.807, 2.05) is 30.3 Å². The van der Waals surface area contributed by atoms with Gasteiger partial charge < -0.3 is 9.80 Å². The summed E-state index contributed by atoms with van der Waals surface area (Å²) in [5, 5.41) is 9.49. The van der Waals surface area contributed by atoms with Crippen molar-refractivity contribution in [3.8, 4) is 6.07 Å². The first-order valence-electron chi connectivity index (χ1n) is 6.74. The van der Waals surface area contributed by atoms with Crippen LogP contribution in [-0.4, -0.2) is 36.1 Å². The van der Waals surface area contributed by atoms with Gasteiger partial charge in [-0.05, 0) is 24.3 Å². The molecular formula is C15H14ClN5. The minimum absolute atomic E-state index is 0.346. The average Bonchev–Trinajstić information content (AvgIpc) is 2.56. The summed E-state index contributed by atoms with van der Waals surface area (Å²) in [6, 6.07) is 9.89. The van der Waals surface area contributed by atoms with Crippen LogP contribution >= 0.6 is 11.6 Å². The maximum absolute atomic E-state index is 8.74. The van der Waals surface area contributed by atoms with Gasteiger partial charge in [0.25, 0.3) is 0 Å². The van der Waals surface area contributed by atoms with Crippen LogP contribution < -0.4 is 9.80 Å². The molecule has 0 bridgehead atoms. The van der Waals surface area contributed by atoms with Gasteiger partial charge in [0.1, 0.15) is 11.9 Å². The summed E-state index contributed by atoms with van der Waals surface area (Å²) in [6.45, 7) is 3.60. The third-order valence-corrected chi connectivity index (χ3v) is 3.80. The highest BCUT2D eigenvalue weighted by molar-refractivity contribution is 6.30. The number of halogens is 1. The number of rotatable bonds is 2. The Balaban J connectivity index is 1.64. The van der Waals surface area contributed by atoms with Gasteiger partial charge in [-0.2, -0.15) is 5.26 Å². The lowest BCUT2D eigenvalue weighted by Crippen LogP contribution is -2.46. The highest BCUT2D eigenvalue weighted by atomic mass is 35.5. The summed E-state index contributed by atoms with van der Waals surface area (Å²) >= 11 is 5.91. The molecule has 0 aliphatic carbocycles. The highest BCUT2D eigenvalue weighted by Gasteiger charge is 2.18. The highest BCUT2D eigenvalue weighted by Crippen LogP contribution is 2.20. The van der Waals surface area contributed by atoms with Crippen molar-refractivity contribution >= 4 is 23.1 Å². The summed E-state index contributed by atoms with van der Waals surface area (Å²) in [5.74, 6) is 0.824. The second-order valence-electron chi connectivity index (χ2n) is 4.82. The van der Waals surface area contributed by atoms with E-state index in [1.165, 1.54) is 11.9 Å². The van der Waals surface area contributed by atoms with Crippen molar-refractivity contribution in [2.75, 3.05) is 36.0 Å². The third-order valence-electron chi connectivity index (χ3n) is 3.55. The van der Waals surface area contributed by atoms with Crippen LogP contribution in [-0.2, 0) is 0 Å². The van der Waals surface area contributed by atoms with Crippen LogP contribution in [0.15, 0.2) is 36.7 Å². The Morgan fingerprint density at radius 1 is 0.952 bits per heavy atom. The summed E-state index contributed by atoms with van der Waals surface area (Å²) in [7, 11) is 0. The average molecular weight is 300 g/mol. The first kappa shape index (κ1) is 13.7. The molecule has 1 aromatic carbocycles. The van der Waals surface area contributed by atoms with E-state index in [-0.39, 0.29) is 0 Å². The molecule has 2 heterocycles. The fourth-order valence-corrected chi connectivity index (χ4v) is 2.51. The molecule has 1 aromatic heterocycles. The molecule has 1 aliphatic rings. The molecule has 0 atom stereocenters. The van der Waals surface area contributed by atoms with Gasteiger partial charge in [0.05, 0.1) is 12.4 Å². The zero-order chi connectivity index (χ0) is 14.7. The predicted octanol–water partition coefficient (Wildman–Crippen LogP) is 2.33. The van der Waals surface area contributed by atoms with Crippen molar-refractivity contribution in [2.24, 2.45) is 0 Å². The van der Waals surface area contributed by atoms with Gasteiger partial charge in [-0.25, -0.2) is 9.97 Å². The second kappa shape index (κ2) is 5.98. The minimum Gasteiger partial charge on any atom is -0.368 e. The molecule has 3 rings (SSSR count). The Morgan fingerprint density at radius 3 is 2.19 bits per heavy atom. The smallest absolute Gasteiger partial charge is 0.158 e. The first-order valence-corrected chi connectivity index (χ1v) is 7.12. The largest absolute Gasteiger partial charge is 0.368 e. The molecule has 5 nitrogen and oxygen atoms in total. The van der Waals surface area contributed by atoms with E-state index in [9.17, 15) is 0 Å². The van der Waals surface area contributed by atoms with Crippen LogP contribution in [0.5, 0.6) is 0 Å². The van der Waals surface area contributed by atoms with Gasteiger partial charge in [0.15, 0.2) is 5.69 Å². The Kier molecular flexibility index (Phi) is 3.89. The molecular weight excluding hydrogens is 286 g/mol. The van der Waals surface area contributed by atoms with Gasteiger partial charge in [0.2, 0.25) is 0 Å². The van der Waals surface area contributed by atoms with E-state index in [0.29, 0.717) is 5.69 Å². The molecule has 0 N–H and O–H groups in total. The van der Waals surface area contributed by atoms with E-state index >= 15 is 0 Å². The van der Waals surface area contributed by atoms with Crippen LogP contribution in [0, 0.1) is 11.3 Å². The number of hydrogen-bond donors (Lipinski definition) is 0. The monoisotopic (exact) mass is 299 g/mol. The zero-order valence-electron chi connectivity index (χ0n) is 11.4. The number of nitriles is 1. The lowest BCUT2D eigenvalue weighted by molar-refractivity contribution is 0.646. The lowest BCUT2D eigenvalue weighted by Gasteiger charge is -2.36. The molecule has 6 heteroatoms. The first-order chi connectivity index (χ1) is 10.3. The quantitative estimate of drug-likeness (QED) is 0.852. The SMILES string of the molecule is N#Cc1cnc(N2CCN(c3ccc(Cl)cc3)CC2)cn1. The van der Waals surface area contributed by atoms with Crippen molar-refractivity contribution in [1.29, 1.82) is 5.26 Å². The Bertz CT molecular complexity index is 639. The molecule has 106 valence electrons. The van der Waals surface area contributed by atoms with Crippen LogP contribution in [0.3, 0.4) is 0 Å². The van der Waals surface area contributed by atoms with E-state index < -0.39 is 0 Å². The molecule has 21 heavy (non-hydrogen) atoms. The molecule has 2 aromatic rings. The van der Waals surface area contributed by atoms with Gasteiger partial charge in [0, 0.05) is 36.9 Å². The van der Waals surface area contributed by atoms with Crippen molar-refractivity contribution in [3.63, 3.8) is 0 Å². The van der Waals surface area contributed by atoms with Crippen LogP contribution in [0.25, 0.3) is 0 Å². The number of aromatic nitrogens is 2. The Morgan fingerprint density at radius 2 is 1.62 bits per heavy atom.